The molecule has 0 N–H and O–H groups in total. The number of pyridine rings is 1. The minimum atomic E-state index is -0.0332. The first kappa shape index (κ1) is 39.6. The minimum absolute atomic E-state index is 0.0332. The van der Waals surface area contributed by atoms with E-state index in [9.17, 15) is 0 Å². The SMILES string of the molecule is CC(C)(C)c1ccnc(-n2c3cc(Oc4cc(-c5ccccc5)cc(N5CN(c6c(-c7ccccc7)cccc6-c6ccccc6)c6ccccc65)c4)ccc3c3sc4ccccc4c32)c1. The molecular formula is C60H46N4OS. The van der Waals surface area contributed by atoms with Gasteiger partial charge in [0.1, 0.15) is 24.0 Å². The van der Waals surface area contributed by atoms with Gasteiger partial charge < -0.3 is 14.5 Å². The van der Waals surface area contributed by atoms with Crippen LogP contribution in [-0.2, 0) is 5.41 Å². The molecule has 1 aliphatic heterocycles. The van der Waals surface area contributed by atoms with Crippen LogP contribution in [0.3, 0.4) is 0 Å². The average Bonchev–Trinajstić information content (AvgIpc) is 4.03. The number of para-hydroxylation sites is 3. The number of hydrogen-bond acceptors (Lipinski definition) is 5. The van der Waals surface area contributed by atoms with Crippen molar-refractivity contribution in [2.45, 2.75) is 26.2 Å². The van der Waals surface area contributed by atoms with Gasteiger partial charge >= 0.3 is 0 Å². The average molecular weight is 871 g/mol. The van der Waals surface area contributed by atoms with Crippen molar-refractivity contribution < 1.29 is 4.74 Å². The summed E-state index contributed by atoms with van der Waals surface area (Å²) >= 11 is 1.83. The maximum absolute atomic E-state index is 7.06. The molecule has 0 saturated carbocycles. The molecule has 0 bridgehead atoms. The molecule has 66 heavy (non-hydrogen) atoms. The van der Waals surface area contributed by atoms with E-state index in [1.807, 2.05) is 17.5 Å². The number of nitrogens with zero attached hydrogens (tertiary/aromatic N) is 4. The van der Waals surface area contributed by atoms with Crippen LogP contribution in [0.1, 0.15) is 26.3 Å². The molecule has 0 saturated heterocycles. The molecule has 0 radical (unpaired) electrons. The van der Waals surface area contributed by atoms with Crippen molar-refractivity contribution in [2.75, 3.05) is 16.5 Å². The second kappa shape index (κ2) is 15.9. The smallest absolute Gasteiger partial charge is 0.137 e. The Labute approximate surface area is 389 Å². The van der Waals surface area contributed by atoms with Crippen molar-refractivity contribution in [3.05, 3.63) is 218 Å². The van der Waals surface area contributed by atoms with Crippen LogP contribution in [0.25, 0.3) is 70.4 Å². The zero-order valence-corrected chi connectivity index (χ0v) is 37.8. The summed E-state index contributed by atoms with van der Waals surface area (Å²) in [7, 11) is 0. The first-order chi connectivity index (χ1) is 32.4. The highest BCUT2D eigenvalue weighted by Crippen LogP contribution is 2.51. The van der Waals surface area contributed by atoms with Crippen LogP contribution >= 0.6 is 11.3 Å². The van der Waals surface area contributed by atoms with E-state index in [1.165, 1.54) is 59.2 Å². The first-order valence-electron chi connectivity index (χ1n) is 22.5. The minimum Gasteiger partial charge on any atom is -0.457 e. The Balaban J connectivity index is 0.998. The number of rotatable bonds is 8. The second-order valence-electron chi connectivity index (χ2n) is 18.0. The highest BCUT2D eigenvalue weighted by molar-refractivity contribution is 7.26. The third-order valence-corrected chi connectivity index (χ3v) is 14.0. The van der Waals surface area contributed by atoms with E-state index < -0.39 is 0 Å². The molecule has 0 spiro atoms. The fourth-order valence-corrected chi connectivity index (χ4v) is 10.9. The fraction of sp³-hybridized carbons (Fsp3) is 0.0833. The predicted molar refractivity (Wildman–Crippen MR) is 278 cm³/mol. The Hall–Kier alpha value is -7.93. The van der Waals surface area contributed by atoms with E-state index in [1.54, 1.807) is 0 Å². The molecule has 6 heteroatoms. The third-order valence-electron chi connectivity index (χ3n) is 12.9. The van der Waals surface area contributed by atoms with Crippen LogP contribution in [0.15, 0.2) is 212 Å². The zero-order chi connectivity index (χ0) is 44.4. The summed E-state index contributed by atoms with van der Waals surface area (Å²) in [6, 6.07) is 73.8. The van der Waals surface area contributed by atoms with Gasteiger partial charge in [0.25, 0.3) is 0 Å². The van der Waals surface area contributed by atoms with E-state index in [-0.39, 0.29) is 5.41 Å². The third kappa shape index (κ3) is 6.89. The van der Waals surface area contributed by atoms with Crippen molar-refractivity contribution in [3.8, 4) is 50.7 Å². The van der Waals surface area contributed by atoms with Crippen LogP contribution < -0.4 is 14.5 Å². The molecule has 3 aromatic heterocycles. The Kier molecular flexibility index (Phi) is 9.58. The van der Waals surface area contributed by atoms with Gasteiger partial charge in [-0.25, -0.2) is 4.98 Å². The molecule has 8 aromatic carbocycles. The number of hydrogen-bond donors (Lipinski definition) is 0. The van der Waals surface area contributed by atoms with Crippen molar-refractivity contribution in [2.24, 2.45) is 0 Å². The van der Waals surface area contributed by atoms with Crippen LogP contribution in [0.5, 0.6) is 11.5 Å². The van der Waals surface area contributed by atoms with E-state index in [4.69, 9.17) is 9.72 Å². The fourth-order valence-electron chi connectivity index (χ4n) is 9.65. The monoisotopic (exact) mass is 870 g/mol. The first-order valence-corrected chi connectivity index (χ1v) is 23.4. The Morgan fingerprint density at radius 2 is 1.15 bits per heavy atom. The molecule has 12 rings (SSSR count). The molecule has 5 nitrogen and oxygen atoms in total. The van der Waals surface area contributed by atoms with Gasteiger partial charge in [0.15, 0.2) is 0 Å². The molecular weight excluding hydrogens is 825 g/mol. The number of fused-ring (bicyclic) bond motifs is 6. The van der Waals surface area contributed by atoms with E-state index in [0.717, 1.165) is 51.0 Å². The predicted octanol–water partition coefficient (Wildman–Crippen LogP) is 16.7. The van der Waals surface area contributed by atoms with Gasteiger partial charge in [-0.1, -0.05) is 160 Å². The van der Waals surface area contributed by atoms with Gasteiger partial charge in [-0.15, -0.1) is 11.3 Å². The molecule has 1 aliphatic rings. The van der Waals surface area contributed by atoms with Crippen molar-refractivity contribution >= 4 is 65.3 Å². The maximum Gasteiger partial charge on any atom is 0.137 e. The lowest BCUT2D eigenvalue weighted by molar-refractivity contribution is 0.483. The summed E-state index contributed by atoms with van der Waals surface area (Å²) < 4.78 is 11.9. The lowest BCUT2D eigenvalue weighted by Crippen LogP contribution is -2.25. The van der Waals surface area contributed by atoms with Crippen LogP contribution in [0.2, 0.25) is 0 Å². The normalized spacial score (nSPS) is 12.7. The summed E-state index contributed by atoms with van der Waals surface area (Å²) in [5.74, 6) is 2.42. The largest absolute Gasteiger partial charge is 0.457 e. The zero-order valence-electron chi connectivity index (χ0n) is 37.0. The lowest BCUT2D eigenvalue weighted by Gasteiger charge is -2.27. The number of ether oxygens (including phenoxy) is 1. The van der Waals surface area contributed by atoms with Gasteiger partial charge in [0.2, 0.25) is 0 Å². The van der Waals surface area contributed by atoms with Gasteiger partial charge in [0.05, 0.1) is 32.8 Å². The van der Waals surface area contributed by atoms with E-state index in [2.05, 4.69) is 241 Å². The Morgan fingerprint density at radius 1 is 0.515 bits per heavy atom. The number of thiophene rings is 1. The number of aromatic nitrogens is 2. The van der Waals surface area contributed by atoms with Crippen LogP contribution in [0.4, 0.5) is 22.7 Å². The van der Waals surface area contributed by atoms with E-state index >= 15 is 0 Å². The molecule has 0 aliphatic carbocycles. The highest BCUT2D eigenvalue weighted by atomic mass is 32.1. The van der Waals surface area contributed by atoms with Crippen molar-refractivity contribution in [1.29, 1.82) is 0 Å². The van der Waals surface area contributed by atoms with Crippen LogP contribution in [0, 0.1) is 0 Å². The Bertz CT molecular complexity index is 3530. The summed E-state index contributed by atoms with van der Waals surface area (Å²) in [6.07, 6.45) is 1.94. The number of benzene rings is 8. The molecule has 0 amide bonds. The number of anilines is 4. The quantitative estimate of drug-likeness (QED) is 0.152. The van der Waals surface area contributed by atoms with E-state index in [0.29, 0.717) is 6.67 Å². The summed E-state index contributed by atoms with van der Waals surface area (Å²) in [5.41, 5.74) is 14.9. The highest BCUT2D eigenvalue weighted by Gasteiger charge is 2.32. The molecule has 0 fully saturated rings. The van der Waals surface area contributed by atoms with Gasteiger partial charge in [0, 0.05) is 50.6 Å². The topological polar surface area (TPSA) is 33.5 Å². The second-order valence-corrected chi connectivity index (χ2v) is 19.1. The van der Waals surface area contributed by atoms with Crippen molar-refractivity contribution in [1.82, 2.24) is 9.55 Å². The molecule has 318 valence electrons. The lowest BCUT2D eigenvalue weighted by atomic mass is 9.88. The van der Waals surface area contributed by atoms with Gasteiger partial charge in [-0.05, 0) is 87.8 Å². The molecule has 0 unspecified atom stereocenters. The maximum atomic E-state index is 7.06. The molecule has 11 aromatic rings. The van der Waals surface area contributed by atoms with Crippen molar-refractivity contribution in [3.63, 3.8) is 0 Å². The van der Waals surface area contributed by atoms with Gasteiger partial charge in [-0.2, -0.15) is 0 Å². The van der Waals surface area contributed by atoms with Gasteiger partial charge in [-0.3, -0.25) is 4.57 Å². The summed E-state index contributed by atoms with van der Waals surface area (Å²) in [6.45, 7) is 7.36. The molecule has 0 atom stereocenters. The molecule has 4 heterocycles. The summed E-state index contributed by atoms with van der Waals surface area (Å²) in [5, 5.41) is 2.40. The standard InChI is InChI=1S/C60H46N4OS/c1-60(2,3)44-32-33-61-56(36-44)64-54-38-46(30-31-50(54)59-58(64)51-24-13-16-29-55(51)66-59)65-47-35-43(40-18-7-4-8-19-40)34-45(37-47)62-39-63(53-28-15-14-27-52(53)62)57-48(41-20-9-5-10-21-41)25-17-26-49(57)42-22-11-6-12-23-42/h4-38H,39H2,1-3H3. The Morgan fingerprint density at radius 3 is 1.85 bits per heavy atom. The summed E-state index contributed by atoms with van der Waals surface area (Å²) in [4.78, 5) is 9.91. The van der Waals surface area contributed by atoms with Crippen LogP contribution in [-0.4, -0.2) is 16.2 Å².